The topological polar surface area (TPSA) is 50.9 Å². The van der Waals surface area contributed by atoms with Gasteiger partial charge < -0.3 is 11.1 Å². The van der Waals surface area contributed by atoms with Crippen molar-refractivity contribution in [3.63, 3.8) is 0 Å². The summed E-state index contributed by atoms with van der Waals surface area (Å²) in [6.45, 7) is 4.02. The SMILES string of the molecule is Cc1ccnc(NC(C)c2ccc(Cl)cc2)c1C(N)=S. The molecule has 0 spiro atoms. The molecule has 0 aliphatic carbocycles. The molecule has 2 aromatic rings. The first-order chi connectivity index (χ1) is 9.49. The summed E-state index contributed by atoms with van der Waals surface area (Å²) in [7, 11) is 0. The molecule has 2 rings (SSSR count). The quantitative estimate of drug-likeness (QED) is 0.842. The van der Waals surface area contributed by atoms with Gasteiger partial charge in [-0.15, -0.1) is 0 Å². The lowest BCUT2D eigenvalue weighted by molar-refractivity contribution is 0.873. The molecule has 1 unspecified atom stereocenters. The van der Waals surface area contributed by atoms with Gasteiger partial charge in [0.05, 0.1) is 5.56 Å². The molecule has 1 aromatic heterocycles. The monoisotopic (exact) mass is 305 g/mol. The van der Waals surface area contributed by atoms with E-state index in [1.54, 1.807) is 6.20 Å². The Morgan fingerprint density at radius 2 is 1.95 bits per heavy atom. The van der Waals surface area contributed by atoms with Crippen LogP contribution < -0.4 is 11.1 Å². The summed E-state index contributed by atoms with van der Waals surface area (Å²) in [4.78, 5) is 4.69. The number of nitrogens with zero attached hydrogens (tertiary/aromatic N) is 1. The number of hydrogen-bond donors (Lipinski definition) is 2. The lowest BCUT2D eigenvalue weighted by Crippen LogP contribution is -2.17. The number of halogens is 1. The van der Waals surface area contributed by atoms with Crippen molar-refractivity contribution in [1.29, 1.82) is 0 Å². The van der Waals surface area contributed by atoms with E-state index >= 15 is 0 Å². The van der Waals surface area contributed by atoms with Gasteiger partial charge in [-0.05, 0) is 43.2 Å². The molecule has 104 valence electrons. The zero-order chi connectivity index (χ0) is 14.7. The minimum atomic E-state index is 0.0784. The van der Waals surface area contributed by atoms with Crippen molar-refractivity contribution in [2.75, 3.05) is 5.32 Å². The lowest BCUT2D eigenvalue weighted by Gasteiger charge is -2.18. The number of thiocarbonyl (C=S) groups is 1. The van der Waals surface area contributed by atoms with E-state index in [4.69, 9.17) is 29.6 Å². The van der Waals surface area contributed by atoms with Crippen molar-refractivity contribution >= 4 is 34.6 Å². The maximum atomic E-state index is 5.90. The van der Waals surface area contributed by atoms with Crippen molar-refractivity contribution in [2.45, 2.75) is 19.9 Å². The standard InChI is InChI=1S/C15H16ClN3S/c1-9-7-8-18-15(13(9)14(17)20)19-10(2)11-3-5-12(16)6-4-11/h3-8,10H,1-2H3,(H2,17,20)(H,18,19). The van der Waals surface area contributed by atoms with Crippen LogP contribution in [0.2, 0.25) is 5.02 Å². The Morgan fingerprint density at radius 1 is 1.30 bits per heavy atom. The van der Waals surface area contributed by atoms with E-state index in [-0.39, 0.29) is 6.04 Å². The Bertz CT molecular complexity index is 626. The molecule has 3 nitrogen and oxygen atoms in total. The average molecular weight is 306 g/mol. The molecule has 0 saturated heterocycles. The zero-order valence-electron chi connectivity index (χ0n) is 11.4. The number of aromatic nitrogens is 1. The zero-order valence-corrected chi connectivity index (χ0v) is 12.9. The van der Waals surface area contributed by atoms with Crippen molar-refractivity contribution in [3.8, 4) is 0 Å². The molecule has 0 amide bonds. The van der Waals surface area contributed by atoms with Crippen LogP contribution in [0.4, 0.5) is 5.82 Å². The predicted molar refractivity (Wildman–Crippen MR) is 88.4 cm³/mol. The highest BCUT2D eigenvalue weighted by atomic mass is 35.5. The highest BCUT2D eigenvalue weighted by molar-refractivity contribution is 7.80. The molecule has 1 atom stereocenters. The van der Waals surface area contributed by atoms with E-state index in [0.717, 1.165) is 21.7 Å². The van der Waals surface area contributed by atoms with E-state index < -0.39 is 0 Å². The first-order valence-electron chi connectivity index (χ1n) is 6.26. The summed E-state index contributed by atoms with van der Waals surface area (Å²) in [6, 6.07) is 9.68. The van der Waals surface area contributed by atoms with E-state index in [0.29, 0.717) is 10.8 Å². The second-order valence-electron chi connectivity index (χ2n) is 4.63. The van der Waals surface area contributed by atoms with E-state index in [1.165, 1.54) is 0 Å². The van der Waals surface area contributed by atoms with Gasteiger partial charge in [-0.25, -0.2) is 4.98 Å². The number of hydrogen-bond acceptors (Lipinski definition) is 3. The molecular formula is C15H16ClN3S. The van der Waals surface area contributed by atoms with Crippen LogP contribution in [0.1, 0.15) is 29.7 Å². The number of nitrogens with one attached hydrogen (secondary N) is 1. The molecule has 0 aliphatic heterocycles. The molecule has 5 heteroatoms. The van der Waals surface area contributed by atoms with Gasteiger partial charge in [0.25, 0.3) is 0 Å². The maximum absolute atomic E-state index is 5.90. The van der Waals surface area contributed by atoms with Crippen LogP contribution in [0, 0.1) is 6.92 Å². The number of anilines is 1. The largest absolute Gasteiger partial charge is 0.389 e. The van der Waals surface area contributed by atoms with Gasteiger partial charge in [-0.2, -0.15) is 0 Å². The smallest absolute Gasteiger partial charge is 0.136 e. The Morgan fingerprint density at radius 3 is 2.55 bits per heavy atom. The van der Waals surface area contributed by atoms with Gasteiger partial charge in [0.15, 0.2) is 0 Å². The number of benzene rings is 1. The maximum Gasteiger partial charge on any atom is 0.136 e. The molecule has 3 N–H and O–H groups in total. The third kappa shape index (κ3) is 3.26. The third-order valence-electron chi connectivity index (χ3n) is 3.13. The fourth-order valence-corrected chi connectivity index (χ4v) is 2.40. The van der Waals surface area contributed by atoms with Gasteiger partial charge in [-0.1, -0.05) is 36.0 Å². The Kier molecular flexibility index (Phi) is 4.57. The Hall–Kier alpha value is -1.65. The molecule has 0 bridgehead atoms. The lowest BCUT2D eigenvalue weighted by atomic mass is 10.1. The van der Waals surface area contributed by atoms with Gasteiger partial charge in [0.1, 0.15) is 10.8 Å². The van der Waals surface area contributed by atoms with E-state index in [2.05, 4.69) is 17.2 Å². The fourth-order valence-electron chi connectivity index (χ4n) is 2.02. The highest BCUT2D eigenvalue weighted by Gasteiger charge is 2.13. The van der Waals surface area contributed by atoms with Gasteiger partial charge in [-0.3, -0.25) is 0 Å². The second kappa shape index (κ2) is 6.20. The summed E-state index contributed by atoms with van der Waals surface area (Å²) in [5.41, 5.74) is 8.71. The molecule has 1 aromatic carbocycles. The molecule has 0 saturated carbocycles. The Labute approximate surface area is 129 Å². The summed E-state index contributed by atoms with van der Waals surface area (Å²) in [5, 5.41) is 4.07. The summed E-state index contributed by atoms with van der Waals surface area (Å²) >= 11 is 11.0. The number of nitrogens with two attached hydrogens (primary N) is 1. The average Bonchev–Trinajstić information content (AvgIpc) is 2.39. The number of pyridine rings is 1. The van der Waals surface area contributed by atoms with Crippen molar-refractivity contribution in [1.82, 2.24) is 4.98 Å². The first-order valence-corrected chi connectivity index (χ1v) is 7.05. The summed E-state index contributed by atoms with van der Waals surface area (Å²) in [6.07, 6.45) is 1.74. The molecular weight excluding hydrogens is 290 g/mol. The van der Waals surface area contributed by atoms with Crippen molar-refractivity contribution in [2.24, 2.45) is 5.73 Å². The van der Waals surface area contributed by atoms with E-state index in [1.807, 2.05) is 37.3 Å². The molecule has 0 aliphatic rings. The van der Waals surface area contributed by atoms with Crippen LogP contribution >= 0.6 is 23.8 Å². The van der Waals surface area contributed by atoms with Crippen LogP contribution in [0.15, 0.2) is 36.5 Å². The van der Waals surface area contributed by atoms with Crippen LogP contribution in [0.5, 0.6) is 0 Å². The second-order valence-corrected chi connectivity index (χ2v) is 5.51. The molecule has 1 heterocycles. The molecule has 0 fully saturated rings. The normalized spacial score (nSPS) is 11.9. The molecule has 20 heavy (non-hydrogen) atoms. The summed E-state index contributed by atoms with van der Waals surface area (Å²) < 4.78 is 0. The minimum Gasteiger partial charge on any atom is -0.389 e. The van der Waals surface area contributed by atoms with Gasteiger partial charge in [0.2, 0.25) is 0 Å². The van der Waals surface area contributed by atoms with Crippen LogP contribution in [0.25, 0.3) is 0 Å². The van der Waals surface area contributed by atoms with E-state index in [9.17, 15) is 0 Å². The van der Waals surface area contributed by atoms with Gasteiger partial charge >= 0.3 is 0 Å². The predicted octanol–water partition coefficient (Wildman–Crippen LogP) is 3.85. The highest BCUT2D eigenvalue weighted by Crippen LogP contribution is 2.23. The molecule has 0 radical (unpaired) electrons. The van der Waals surface area contributed by atoms with Crippen LogP contribution in [-0.4, -0.2) is 9.97 Å². The minimum absolute atomic E-state index is 0.0784. The first kappa shape index (κ1) is 14.8. The number of aryl methyl sites for hydroxylation is 1. The summed E-state index contributed by atoms with van der Waals surface area (Å²) in [5.74, 6) is 0.708. The third-order valence-corrected chi connectivity index (χ3v) is 3.59. The van der Waals surface area contributed by atoms with Gasteiger partial charge in [0, 0.05) is 17.3 Å². The number of rotatable bonds is 4. The van der Waals surface area contributed by atoms with Crippen molar-refractivity contribution in [3.05, 3.63) is 58.2 Å². The fraction of sp³-hybridized carbons (Fsp3) is 0.200. The van der Waals surface area contributed by atoms with Crippen molar-refractivity contribution < 1.29 is 0 Å². The Balaban J connectivity index is 2.28. The van der Waals surface area contributed by atoms with Crippen LogP contribution in [-0.2, 0) is 0 Å². The van der Waals surface area contributed by atoms with Crippen LogP contribution in [0.3, 0.4) is 0 Å².